The zero-order chi connectivity index (χ0) is 30.8. The molecule has 0 bridgehead atoms. The van der Waals surface area contributed by atoms with Crippen molar-refractivity contribution in [3.63, 3.8) is 0 Å². The fraction of sp³-hybridized carbons (Fsp3) is 0.351. The van der Waals surface area contributed by atoms with Crippen molar-refractivity contribution in [2.24, 2.45) is 0 Å². The van der Waals surface area contributed by atoms with Gasteiger partial charge in [-0.15, -0.1) is 0 Å². The van der Waals surface area contributed by atoms with Crippen molar-refractivity contribution < 1.29 is 14.3 Å². The van der Waals surface area contributed by atoms with Crippen LogP contribution in [-0.2, 0) is 14.3 Å². The molecular weight excluding hydrogens is 678 g/mol. The van der Waals surface area contributed by atoms with Crippen molar-refractivity contribution in [1.29, 1.82) is 0 Å². The minimum absolute atomic E-state index is 0.0215. The molecule has 2 aromatic carbocycles. The first-order valence-electron chi connectivity index (χ1n) is 15.8. The third-order valence-corrected chi connectivity index (χ3v) is 13.1. The van der Waals surface area contributed by atoms with Gasteiger partial charge in [0.1, 0.15) is 0 Å². The maximum atomic E-state index is 13.9. The molecule has 0 fully saturated rings. The van der Waals surface area contributed by atoms with Gasteiger partial charge in [0, 0.05) is 0 Å². The number of benzene rings is 2. The number of allylic oxidation sites excluding steroid dienone is 1. The van der Waals surface area contributed by atoms with Crippen molar-refractivity contribution in [3.05, 3.63) is 86.4 Å². The molecule has 0 atom stereocenters. The minimum atomic E-state index is -0.0378. The van der Waals surface area contributed by atoms with Gasteiger partial charge in [-0.25, -0.2) is 0 Å². The van der Waals surface area contributed by atoms with Crippen LogP contribution in [0.1, 0.15) is 61.8 Å². The Labute approximate surface area is 272 Å². The molecule has 228 valence electrons. The van der Waals surface area contributed by atoms with E-state index in [-0.39, 0.29) is 26.3 Å². The first kappa shape index (κ1) is 31.1. The maximum absolute atomic E-state index is 13.9. The number of ether oxygens (including phenoxy) is 1. The summed E-state index contributed by atoms with van der Waals surface area (Å²) in [6.45, 7) is 11.0. The van der Waals surface area contributed by atoms with Gasteiger partial charge in [-0.3, -0.25) is 0 Å². The summed E-state index contributed by atoms with van der Waals surface area (Å²) in [5.41, 5.74) is 5.36. The van der Waals surface area contributed by atoms with Gasteiger partial charge in [0.2, 0.25) is 0 Å². The van der Waals surface area contributed by atoms with E-state index >= 15 is 0 Å². The molecule has 7 heteroatoms. The molecule has 0 radical (unpaired) electrons. The van der Waals surface area contributed by atoms with Gasteiger partial charge in [0.05, 0.1) is 0 Å². The first-order valence-corrected chi connectivity index (χ1v) is 19.2. The predicted octanol–water partition coefficient (Wildman–Crippen LogP) is 7.27. The van der Waals surface area contributed by atoms with Crippen LogP contribution in [0.25, 0.3) is 36.5 Å². The van der Waals surface area contributed by atoms with Gasteiger partial charge in [0.25, 0.3) is 0 Å². The third-order valence-electron chi connectivity index (χ3n) is 8.48. The second-order valence-corrected chi connectivity index (χ2v) is 16.6. The Morgan fingerprint density at radius 1 is 0.636 bits per heavy atom. The van der Waals surface area contributed by atoms with E-state index in [2.05, 4.69) is 81.4 Å². The number of unbranched alkanes of at least 4 members (excludes halogenated alkanes) is 2. The van der Waals surface area contributed by atoms with Gasteiger partial charge in [-0.2, -0.15) is 0 Å². The van der Waals surface area contributed by atoms with Gasteiger partial charge in [-0.05, 0) is 0 Å². The van der Waals surface area contributed by atoms with Crippen molar-refractivity contribution in [2.75, 3.05) is 26.3 Å². The number of hydrogen-bond acceptors (Lipinski definition) is 3. The molecule has 0 saturated carbocycles. The number of carbonyl (C=O) groups excluding carboxylic acids is 2. The number of amides is 2. The molecule has 5 nitrogen and oxygen atoms in total. The predicted molar refractivity (Wildman–Crippen MR) is 182 cm³/mol. The van der Waals surface area contributed by atoms with Crippen molar-refractivity contribution in [1.82, 2.24) is 9.80 Å². The number of nitrogens with zero attached hydrogens (tertiary/aromatic N) is 2. The van der Waals surface area contributed by atoms with E-state index in [0.29, 0.717) is 45.3 Å². The number of rotatable bonds is 13. The van der Waals surface area contributed by atoms with Crippen LogP contribution in [0.3, 0.4) is 0 Å². The molecule has 44 heavy (non-hydrogen) atoms. The molecule has 2 aliphatic heterocycles. The summed E-state index contributed by atoms with van der Waals surface area (Å²) >= 11 is 0.383. The van der Waals surface area contributed by atoms with E-state index in [0.717, 1.165) is 54.5 Å². The summed E-state index contributed by atoms with van der Waals surface area (Å²) in [7, 11) is 0. The summed E-state index contributed by atoms with van der Waals surface area (Å²) in [5.74, 6) is -0.0592. The molecule has 0 spiro atoms. The molecule has 0 aliphatic carbocycles. The van der Waals surface area contributed by atoms with Crippen LogP contribution < -0.4 is 0 Å². The molecule has 4 aromatic rings. The van der Waals surface area contributed by atoms with Gasteiger partial charge in [-0.1, -0.05) is 0 Å². The average molecular weight is 719 g/mol. The molecule has 2 amide bonds. The van der Waals surface area contributed by atoms with Crippen LogP contribution in [0.15, 0.2) is 77.5 Å². The SMILES string of the molecule is CCCCOCCCN1C(=O)C2=C(C)N(CCCC)C(=O)C2=C1c1ccc(-c2ccc3cc(-c4ccc(C)[se]4)ccc3c2)[se]1. The standard InChI is InChI=1S/C37H40N2O3Se2/c1-5-7-18-38-25(4)33-34(37(38)41)35(39(36(33)40)19-9-21-42-20-8-6-2)32-17-16-31(44-32)29-14-12-26-22-28(13-11-27(26)23-29)30-15-10-24(3)43-30/h10-17,22-23H,5-9,18-21H2,1-4H3. The molecule has 4 heterocycles. The van der Waals surface area contributed by atoms with Crippen LogP contribution in [0, 0.1) is 6.92 Å². The summed E-state index contributed by atoms with van der Waals surface area (Å²) in [4.78, 5) is 31.4. The topological polar surface area (TPSA) is 49.9 Å². The molecule has 0 unspecified atom stereocenters. The van der Waals surface area contributed by atoms with Crippen molar-refractivity contribution >= 4 is 57.3 Å². The summed E-state index contributed by atoms with van der Waals surface area (Å²) in [5, 5.41) is 2.48. The second-order valence-electron chi connectivity index (χ2n) is 11.6. The third kappa shape index (κ3) is 6.01. The molecule has 2 aliphatic rings. The van der Waals surface area contributed by atoms with E-state index in [1.54, 1.807) is 0 Å². The Morgan fingerprint density at radius 3 is 1.89 bits per heavy atom. The molecule has 0 N–H and O–H groups in total. The van der Waals surface area contributed by atoms with Crippen LogP contribution in [0.2, 0.25) is 0 Å². The quantitative estimate of drug-likeness (QED) is 0.108. The van der Waals surface area contributed by atoms with E-state index < -0.39 is 0 Å². The Kier molecular flexibility index (Phi) is 9.61. The van der Waals surface area contributed by atoms with Gasteiger partial charge in [0.15, 0.2) is 0 Å². The van der Waals surface area contributed by atoms with Gasteiger partial charge >= 0.3 is 274 Å². The zero-order valence-corrected chi connectivity index (χ0v) is 29.5. The Balaban J connectivity index is 1.31. The average Bonchev–Trinajstić information content (AvgIpc) is 3.80. The first-order chi connectivity index (χ1) is 21.4. The number of carbonyl (C=O) groups is 2. The van der Waals surface area contributed by atoms with E-state index in [9.17, 15) is 9.59 Å². The Hall–Kier alpha value is -2.92. The molecule has 0 saturated heterocycles. The monoisotopic (exact) mass is 720 g/mol. The van der Waals surface area contributed by atoms with Crippen LogP contribution >= 0.6 is 0 Å². The number of hydrogen-bond donors (Lipinski definition) is 0. The van der Waals surface area contributed by atoms with E-state index in [1.165, 1.54) is 35.2 Å². The van der Waals surface area contributed by atoms with Crippen LogP contribution in [0.5, 0.6) is 0 Å². The summed E-state index contributed by atoms with van der Waals surface area (Å²) < 4.78 is 11.1. The zero-order valence-electron chi connectivity index (χ0n) is 26.1. The van der Waals surface area contributed by atoms with Crippen LogP contribution in [-0.4, -0.2) is 76.9 Å². The van der Waals surface area contributed by atoms with Crippen molar-refractivity contribution in [3.8, 4) is 20.0 Å². The van der Waals surface area contributed by atoms with Crippen LogP contribution in [0.4, 0.5) is 0 Å². The summed E-state index contributed by atoms with van der Waals surface area (Å²) in [6, 6.07) is 22.4. The number of fused-ring (bicyclic) bond motifs is 2. The summed E-state index contributed by atoms with van der Waals surface area (Å²) in [6.07, 6.45) is 4.81. The van der Waals surface area contributed by atoms with E-state index in [4.69, 9.17) is 4.74 Å². The van der Waals surface area contributed by atoms with E-state index in [1.807, 2.05) is 16.7 Å². The Morgan fingerprint density at radius 2 is 1.23 bits per heavy atom. The fourth-order valence-electron chi connectivity index (χ4n) is 6.05. The molecule has 2 aromatic heterocycles. The van der Waals surface area contributed by atoms with Crippen molar-refractivity contribution in [2.45, 2.75) is 59.8 Å². The number of aryl methyl sites for hydroxylation is 1. The molecule has 6 rings (SSSR count). The second kappa shape index (κ2) is 13.6. The fourth-order valence-corrected chi connectivity index (χ4v) is 10.1. The Bertz CT molecular complexity index is 1780. The molecular formula is C37H40N2O3Se2. The normalized spacial score (nSPS) is 15.1. The van der Waals surface area contributed by atoms with Gasteiger partial charge < -0.3 is 0 Å².